The maximum Gasteiger partial charge on any atom is 0.323 e. The number of methoxy groups -OCH3 is 2. The molecule has 5 nitrogen and oxygen atoms in total. The van der Waals surface area contributed by atoms with Gasteiger partial charge in [-0.1, -0.05) is 13.8 Å². The second-order valence-corrected chi connectivity index (χ2v) is 6.00. The number of thiophene rings is 1. The van der Waals surface area contributed by atoms with E-state index in [0.29, 0.717) is 6.54 Å². The molecule has 20 heavy (non-hydrogen) atoms. The number of carbonyl (C=O) groups excluding carboxylic acids is 2. The largest absolute Gasteiger partial charge is 0.469 e. The lowest BCUT2D eigenvalue weighted by Crippen LogP contribution is -2.41. The van der Waals surface area contributed by atoms with Gasteiger partial charge in [0, 0.05) is 16.3 Å². The molecule has 0 aliphatic heterocycles. The minimum Gasteiger partial charge on any atom is -0.469 e. The Morgan fingerprint density at radius 1 is 1.20 bits per heavy atom. The standard InChI is InChI=1S/C14H21NO4S/c1-9(2)13(14(17)19-4)15-8-11-6-5-10(20-11)7-12(16)18-3/h5-6,9,13,15H,7-8H2,1-4H3. The van der Waals surface area contributed by atoms with Crippen molar-refractivity contribution in [2.75, 3.05) is 14.2 Å². The zero-order valence-corrected chi connectivity index (χ0v) is 13.1. The van der Waals surface area contributed by atoms with Gasteiger partial charge in [0.05, 0.1) is 20.6 Å². The lowest BCUT2D eigenvalue weighted by molar-refractivity contribution is -0.144. The van der Waals surface area contributed by atoms with Crippen molar-refractivity contribution >= 4 is 23.3 Å². The van der Waals surface area contributed by atoms with Crippen LogP contribution >= 0.6 is 11.3 Å². The van der Waals surface area contributed by atoms with Crippen LogP contribution in [-0.2, 0) is 32.0 Å². The van der Waals surface area contributed by atoms with Gasteiger partial charge in [-0.25, -0.2) is 0 Å². The molecule has 0 saturated heterocycles. The topological polar surface area (TPSA) is 64.6 Å². The van der Waals surface area contributed by atoms with Gasteiger partial charge in [0.25, 0.3) is 0 Å². The van der Waals surface area contributed by atoms with E-state index in [0.717, 1.165) is 9.75 Å². The summed E-state index contributed by atoms with van der Waals surface area (Å²) in [7, 11) is 2.76. The molecule has 1 atom stereocenters. The third-order valence-electron chi connectivity index (χ3n) is 2.88. The Balaban J connectivity index is 2.56. The molecule has 0 aromatic carbocycles. The molecule has 1 heterocycles. The van der Waals surface area contributed by atoms with Gasteiger partial charge in [0.1, 0.15) is 6.04 Å². The smallest absolute Gasteiger partial charge is 0.323 e. The van der Waals surface area contributed by atoms with E-state index in [2.05, 4.69) is 10.1 Å². The van der Waals surface area contributed by atoms with Crippen LogP contribution in [0.5, 0.6) is 0 Å². The average molecular weight is 299 g/mol. The number of rotatable bonds is 7. The summed E-state index contributed by atoms with van der Waals surface area (Å²) in [5, 5.41) is 3.19. The summed E-state index contributed by atoms with van der Waals surface area (Å²) in [4.78, 5) is 24.8. The summed E-state index contributed by atoms with van der Waals surface area (Å²) in [6, 6.07) is 3.53. The zero-order chi connectivity index (χ0) is 15.1. The van der Waals surface area contributed by atoms with E-state index in [1.165, 1.54) is 25.6 Å². The number of hydrogen-bond acceptors (Lipinski definition) is 6. The van der Waals surface area contributed by atoms with Crippen LogP contribution in [0.2, 0.25) is 0 Å². The fourth-order valence-electron chi connectivity index (χ4n) is 1.76. The summed E-state index contributed by atoms with van der Waals surface area (Å²) in [5.74, 6) is -0.357. The lowest BCUT2D eigenvalue weighted by atomic mass is 10.0. The molecule has 6 heteroatoms. The van der Waals surface area contributed by atoms with Crippen LogP contribution in [0.3, 0.4) is 0 Å². The van der Waals surface area contributed by atoms with Gasteiger partial charge in [-0.05, 0) is 18.1 Å². The van der Waals surface area contributed by atoms with Gasteiger partial charge in [-0.15, -0.1) is 11.3 Å². The molecule has 0 aliphatic rings. The van der Waals surface area contributed by atoms with Crippen LogP contribution in [0.25, 0.3) is 0 Å². The fraction of sp³-hybridized carbons (Fsp3) is 0.571. The van der Waals surface area contributed by atoms with Crippen LogP contribution in [0.1, 0.15) is 23.6 Å². The van der Waals surface area contributed by atoms with E-state index in [4.69, 9.17) is 4.74 Å². The number of nitrogens with one attached hydrogen (secondary N) is 1. The van der Waals surface area contributed by atoms with Crippen LogP contribution in [-0.4, -0.2) is 32.2 Å². The average Bonchev–Trinajstić information content (AvgIpc) is 2.85. The summed E-state index contributed by atoms with van der Waals surface area (Å²) in [6.45, 7) is 4.50. The molecule has 1 rings (SSSR count). The maximum absolute atomic E-state index is 11.6. The van der Waals surface area contributed by atoms with Gasteiger partial charge in [0.15, 0.2) is 0 Å². The van der Waals surface area contributed by atoms with Crippen LogP contribution in [0.4, 0.5) is 0 Å². The molecular formula is C14H21NO4S. The SMILES string of the molecule is COC(=O)Cc1ccc(CNC(C(=O)OC)C(C)C)s1. The Morgan fingerprint density at radius 2 is 1.85 bits per heavy atom. The first-order chi connectivity index (χ1) is 9.47. The molecule has 0 saturated carbocycles. The van der Waals surface area contributed by atoms with E-state index in [1.54, 1.807) is 0 Å². The maximum atomic E-state index is 11.6. The molecule has 0 fully saturated rings. The van der Waals surface area contributed by atoms with E-state index in [9.17, 15) is 9.59 Å². The predicted molar refractivity (Wildman–Crippen MR) is 77.5 cm³/mol. The van der Waals surface area contributed by atoms with Gasteiger partial charge in [-0.3, -0.25) is 14.9 Å². The summed E-state index contributed by atoms with van der Waals surface area (Å²) in [6.07, 6.45) is 0.284. The third kappa shape index (κ3) is 4.94. The first-order valence-electron chi connectivity index (χ1n) is 6.43. The normalized spacial score (nSPS) is 12.2. The number of ether oxygens (including phenoxy) is 2. The Kier molecular flexibility index (Phi) is 6.67. The quantitative estimate of drug-likeness (QED) is 0.777. The van der Waals surface area contributed by atoms with E-state index < -0.39 is 0 Å². The zero-order valence-electron chi connectivity index (χ0n) is 12.3. The predicted octanol–water partition coefficient (Wildman–Crippen LogP) is 1.75. The van der Waals surface area contributed by atoms with Crippen LogP contribution in [0.15, 0.2) is 12.1 Å². The van der Waals surface area contributed by atoms with Gasteiger partial charge < -0.3 is 9.47 Å². The molecule has 0 aliphatic carbocycles. The van der Waals surface area contributed by atoms with Crippen LogP contribution < -0.4 is 5.32 Å². The first kappa shape index (κ1) is 16.7. The van der Waals surface area contributed by atoms with Crippen molar-refractivity contribution in [3.8, 4) is 0 Å². The van der Waals surface area contributed by atoms with Gasteiger partial charge in [0.2, 0.25) is 0 Å². The van der Waals surface area contributed by atoms with Crippen molar-refractivity contribution in [3.63, 3.8) is 0 Å². The highest BCUT2D eigenvalue weighted by molar-refractivity contribution is 7.12. The highest BCUT2D eigenvalue weighted by Gasteiger charge is 2.22. The molecule has 0 spiro atoms. The Labute approximate surface area is 123 Å². The molecular weight excluding hydrogens is 278 g/mol. The molecule has 0 radical (unpaired) electrons. The van der Waals surface area contributed by atoms with Crippen molar-refractivity contribution < 1.29 is 19.1 Å². The molecule has 0 amide bonds. The molecule has 0 bridgehead atoms. The second-order valence-electron chi connectivity index (χ2n) is 4.75. The van der Waals surface area contributed by atoms with Crippen molar-refractivity contribution in [2.24, 2.45) is 5.92 Å². The number of esters is 2. The number of carbonyl (C=O) groups is 2. The van der Waals surface area contributed by atoms with E-state index in [1.807, 2.05) is 26.0 Å². The number of hydrogen-bond donors (Lipinski definition) is 1. The minimum atomic E-state index is -0.328. The van der Waals surface area contributed by atoms with Crippen molar-refractivity contribution in [3.05, 3.63) is 21.9 Å². The highest BCUT2D eigenvalue weighted by Crippen LogP contribution is 2.18. The molecule has 1 unspecified atom stereocenters. The lowest BCUT2D eigenvalue weighted by Gasteiger charge is -2.19. The molecule has 112 valence electrons. The fourth-order valence-corrected chi connectivity index (χ4v) is 2.71. The highest BCUT2D eigenvalue weighted by atomic mass is 32.1. The summed E-state index contributed by atoms with van der Waals surface area (Å²) >= 11 is 1.53. The third-order valence-corrected chi connectivity index (χ3v) is 3.97. The Morgan fingerprint density at radius 3 is 2.40 bits per heavy atom. The first-order valence-corrected chi connectivity index (χ1v) is 7.25. The molecule has 1 aromatic heterocycles. The van der Waals surface area contributed by atoms with E-state index >= 15 is 0 Å². The summed E-state index contributed by atoms with van der Waals surface area (Å²) < 4.78 is 9.41. The van der Waals surface area contributed by atoms with Crippen molar-refractivity contribution in [2.45, 2.75) is 32.9 Å². The van der Waals surface area contributed by atoms with Crippen LogP contribution in [0, 0.1) is 5.92 Å². The Hall–Kier alpha value is -1.40. The van der Waals surface area contributed by atoms with Crippen molar-refractivity contribution in [1.82, 2.24) is 5.32 Å². The monoisotopic (exact) mass is 299 g/mol. The molecule has 1 N–H and O–H groups in total. The van der Waals surface area contributed by atoms with E-state index in [-0.39, 0.29) is 30.3 Å². The van der Waals surface area contributed by atoms with Crippen molar-refractivity contribution in [1.29, 1.82) is 0 Å². The van der Waals surface area contributed by atoms with Gasteiger partial charge in [-0.2, -0.15) is 0 Å². The molecule has 1 aromatic rings. The van der Waals surface area contributed by atoms with Gasteiger partial charge >= 0.3 is 11.9 Å². The minimum absolute atomic E-state index is 0.150. The second kappa shape index (κ2) is 8.01. The Bertz CT molecular complexity index is 456. The summed E-state index contributed by atoms with van der Waals surface area (Å²) in [5.41, 5.74) is 0.